The molecule has 8 heteroatoms. The van der Waals surface area contributed by atoms with Crippen molar-refractivity contribution in [3.63, 3.8) is 0 Å². The molecule has 0 unspecified atom stereocenters. The number of carbonyl (C=O) groups excluding carboxylic acids is 3. The van der Waals surface area contributed by atoms with Crippen LogP contribution in [-0.4, -0.2) is 36.6 Å². The Morgan fingerprint density at radius 2 is 1.31 bits per heavy atom. The van der Waals surface area contributed by atoms with Gasteiger partial charge in [-0.1, -0.05) is 30.3 Å². The maximum absolute atomic E-state index is 13.3. The smallest absolute Gasteiger partial charge is 0.272 e. The lowest BCUT2D eigenvalue weighted by molar-refractivity contribution is -0.113. The molecule has 4 aromatic carbocycles. The lowest BCUT2D eigenvalue weighted by Crippen LogP contribution is -2.30. The van der Waals surface area contributed by atoms with Crippen LogP contribution in [0.15, 0.2) is 114 Å². The third-order valence-corrected chi connectivity index (χ3v) is 7.01. The predicted molar refractivity (Wildman–Crippen MR) is 167 cm³/mol. The third-order valence-electron chi connectivity index (χ3n) is 6.00. The Kier molecular flexibility index (Phi) is 10.9. The minimum absolute atomic E-state index is 0.0126. The minimum atomic E-state index is -0.473. The van der Waals surface area contributed by atoms with Gasteiger partial charge in [0.1, 0.15) is 17.2 Å². The van der Waals surface area contributed by atoms with Gasteiger partial charge < -0.3 is 20.1 Å². The average molecular weight is 581 g/mol. The SMILES string of the molecule is CCOc1ccc(/C=C(\NC(=O)c2ccccc2)C(=O)Nc2ccc(SCC(=O)c3ccc(OCC)cc3)cc2)cc1. The average Bonchev–Trinajstić information content (AvgIpc) is 3.02. The fraction of sp³-hybridized carbons (Fsp3) is 0.147. The molecule has 0 bridgehead atoms. The van der Waals surface area contributed by atoms with Crippen LogP contribution in [0.3, 0.4) is 0 Å². The van der Waals surface area contributed by atoms with Crippen LogP contribution in [0, 0.1) is 0 Å². The van der Waals surface area contributed by atoms with Gasteiger partial charge in [-0.05, 0) is 98.3 Å². The van der Waals surface area contributed by atoms with Crippen molar-refractivity contribution < 1.29 is 23.9 Å². The van der Waals surface area contributed by atoms with E-state index in [1.54, 1.807) is 78.9 Å². The summed E-state index contributed by atoms with van der Waals surface area (Å²) in [6.45, 7) is 4.94. The summed E-state index contributed by atoms with van der Waals surface area (Å²) in [6.07, 6.45) is 1.61. The fourth-order valence-electron chi connectivity index (χ4n) is 3.90. The molecule has 0 radical (unpaired) electrons. The molecule has 4 aromatic rings. The molecule has 42 heavy (non-hydrogen) atoms. The van der Waals surface area contributed by atoms with Crippen LogP contribution in [0.4, 0.5) is 5.69 Å². The van der Waals surface area contributed by atoms with Crippen LogP contribution in [0.2, 0.25) is 0 Å². The van der Waals surface area contributed by atoms with Crippen molar-refractivity contribution in [1.82, 2.24) is 5.32 Å². The van der Waals surface area contributed by atoms with Crippen molar-refractivity contribution in [3.05, 3.63) is 126 Å². The molecule has 0 saturated carbocycles. The van der Waals surface area contributed by atoms with Crippen molar-refractivity contribution in [2.45, 2.75) is 18.7 Å². The molecule has 0 saturated heterocycles. The Balaban J connectivity index is 1.42. The summed E-state index contributed by atoms with van der Waals surface area (Å²) in [5, 5.41) is 5.59. The molecular formula is C34H32N2O5S. The molecule has 0 aliphatic rings. The van der Waals surface area contributed by atoms with Crippen LogP contribution < -0.4 is 20.1 Å². The number of ketones is 1. The third kappa shape index (κ3) is 8.84. The largest absolute Gasteiger partial charge is 0.494 e. The molecule has 0 atom stereocenters. The summed E-state index contributed by atoms with van der Waals surface area (Å²) < 4.78 is 10.9. The molecule has 4 rings (SSSR count). The van der Waals surface area contributed by atoms with Gasteiger partial charge in [-0.2, -0.15) is 0 Å². The normalized spacial score (nSPS) is 11.0. The van der Waals surface area contributed by atoms with E-state index in [-0.39, 0.29) is 17.2 Å². The topological polar surface area (TPSA) is 93.7 Å². The van der Waals surface area contributed by atoms with Gasteiger partial charge in [0.2, 0.25) is 0 Å². The van der Waals surface area contributed by atoms with E-state index in [1.165, 1.54) is 11.8 Å². The minimum Gasteiger partial charge on any atom is -0.494 e. The Morgan fingerprint density at radius 3 is 1.90 bits per heavy atom. The second-order valence-corrected chi connectivity index (χ2v) is 10.1. The number of ether oxygens (including phenoxy) is 2. The number of amides is 2. The number of carbonyl (C=O) groups is 3. The zero-order valence-electron chi connectivity index (χ0n) is 23.5. The van der Waals surface area contributed by atoms with Crippen molar-refractivity contribution in [1.29, 1.82) is 0 Å². The Bertz CT molecular complexity index is 1520. The van der Waals surface area contributed by atoms with Gasteiger partial charge in [-0.15, -0.1) is 11.8 Å². The highest BCUT2D eigenvalue weighted by molar-refractivity contribution is 8.00. The van der Waals surface area contributed by atoms with Gasteiger partial charge in [-0.25, -0.2) is 0 Å². The standard InChI is InChI=1S/C34H32N2O5S/c1-3-40-28-16-10-24(11-17-28)22-31(36-33(38)26-8-6-5-7-9-26)34(39)35-27-14-20-30(21-15-27)42-23-32(37)25-12-18-29(19-13-25)41-4-2/h5-22H,3-4,23H2,1-2H3,(H,35,39)(H,36,38)/b31-22-. The van der Waals surface area contributed by atoms with E-state index in [9.17, 15) is 14.4 Å². The number of Topliss-reactive ketones (excluding diaryl/α,β-unsaturated/α-hetero) is 1. The Labute approximate surface area is 249 Å². The van der Waals surface area contributed by atoms with Crippen LogP contribution in [-0.2, 0) is 4.79 Å². The van der Waals surface area contributed by atoms with E-state index >= 15 is 0 Å². The molecule has 0 heterocycles. The highest BCUT2D eigenvalue weighted by Crippen LogP contribution is 2.23. The van der Waals surface area contributed by atoms with E-state index in [2.05, 4.69) is 10.6 Å². The summed E-state index contributed by atoms with van der Waals surface area (Å²) in [5.41, 5.74) is 2.42. The molecule has 0 aliphatic carbocycles. The van der Waals surface area contributed by atoms with Crippen LogP contribution in [0.25, 0.3) is 6.08 Å². The quantitative estimate of drug-likeness (QED) is 0.102. The molecule has 0 spiro atoms. The summed E-state index contributed by atoms with van der Waals surface area (Å²) >= 11 is 1.41. The number of nitrogens with one attached hydrogen (secondary N) is 2. The molecule has 7 nitrogen and oxygen atoms in total. The van der Waals surface area contributed by atoms with Gasteiger partial charge >= 0.3 is 0 Å². The van der Waals surface area contributed by atoms with Crippen molar-refractivity contribution in [2.24, 2.45) is 0 Å². The number of anilines is 1. The Hall–Kier alpha value is -4.82. The van der Waals surface area contributed by atoms with E-state index < -0.39 is 11.8 Å². The van der Waals surface area contributed by atoms with Gasteiger partial charge in [-0.3, -0.25) is 14.4 Å². The lowest BCUT2D eigenvalue weighted by atomic mass is 10.1. The zero-order valence-corrected chi connectivity index (χ0v) is 24.3. The lowest BCUT2D eigenvalue weighted by Gasteiger charge is -2.12. The highest BCUT2D eigenvalue weighted by atomic mass is 32.2. The number of rotatable bonds is 13. The first-order valence-corrected chi connectivity index (χ1v) is 14.5. The van der Waals surface area contributed by atoms with Crippen LogP contribution >= 0.6 is 11.8 Å². The van der Waals surface area contributed by atoms with Crippen molar-refractivity contribution >= 4 is 41.1 Å². The van der Waals surface area contributed by atoms with Crippen molar-refractivity contribution in [3.8, 4) is 11.5 Å². The second kappa shape index (κ2) is 15.3. The molecular weight excluding hydrogens is 548 g/mol. The van der Waals surface area contributed by atoms with Gasteiger partial charge in [0.05, 0.1) is 19.0 Å². The van der Waals surface area contributed by atoms with E-state index in [1.807, 2.05) is 44.2 Å². The number of hydrogen-bond donors (Lipinski definition) is 2. The van der Waals surface area contributed by atoms with Crippen LogP contribution in [0.1, 0.15) is 40.1 Å². The summed E-state index contributed by atoms with van der Waals surface area (Å²) in [5.74, 6) is 0.870. The van der Waals surface area contributed by atoms with Crippen LogP contribution in [0.5, 0.6) is 11.5 Å². The first-order valence-electron chi connectivity index (χ1n) is 13.6. The maximum Gasteiger partial charge on any atom is 0.272 e. The zero-order chi connectivity index (χ0) is 29.7. The van der Waals surface area contributed by atoms with Gasteiger partial charge in [0.25, 0.3) is 11.8 Å². The Morgan fingerprint density at radius 1 is 0.714 bits per heavy atom. The van der Waals surface area contributed by atoms with E-state index in [4.69, 9.17) is 9.47 Å². The van der Waals surface area contributed by atoms with Gasteiger partial charge in [0.15, 0.2) is 5.78 Å². The molecule has 0 aliphatic heterocycles. The van der Waals surface area contributed by atoms with Gasteiger partial charge in [0, 0.05) is 21.7 Å². The molecule has 0 aromatic heterocycles. The number of benzene rings is 4. The number of hydrogen-bond acceptors (Lipinski definition) is 6. The second-order valence-electron chi connectivity index (χ2n) is 9.03. The summed E-state index contributed by atoms with van der Waals surface area (Å²) in [6, 6.07) is 30.2. The number of thioether (sulfide) groups is 1. The van der Waals surface area contributed by atoms with E-state index in [0.717, 1.165) is 16.2 Å². The first kappa shape index (κ1) is 30.1. The highest BCUT2D eigenvalue weighted by Gasteiger charge is 2.15. The maximum atomic E-state index is 13.3. The fourth-order valence-corrected chi connectivity index (χ4v) is 4.70. The van der Waals surface area contributed by atoms with Crippen molar-refractivity contribution in [2.75, 3.05) is 24.3 Å². The molecule has 2 N–H and O–H groups in total. The predicted octanol–water partition coefficient (Wildman–Crippen LogP) is 6.87. The molecule has 0 fully saturated rings. The molecule has 214 valence electrons. The first-order chi connectivity index (χ1) is 20.4. The summed E-state index contributed by atoms with van der Waals surface area (Å²) in [4.78, 5) is 39.7. The molecule has 2 amide bonds. The van der Waals surface area contributed by atoms with E-state index in [0.29, 0.717) is 35.8 Å². The summed E-state index contributed by atoms with van der Waals surface area (Å²) in [7, 11) is 0. The monoisotopic (exact) mass is 580 g/mol.